The highest BCUT2D eigenvalue weighted by atomic mass is 35.5. The van der Waals surface area contributed by atoms with E-state index in [4.69, 9.17) is 35.4 Å². The predicted molar refractivity (Wildman–Crippen MR) is 119 cm³/mol. The van der Waals surface area contributed by atoms with Crippen LogP contribution in [0.1, 0.15) is 24.8 Å². The average Bonchev–Trinajstić information content (AvgIpc) is 2.62. The fraction of sp³-hybridized carbons (Fsp3) is 0.316. The van der Waals surface area contributed by atoms with Crippen molar-refractivity contribution in [2.75, 3.05) is 23.7 Å². The van der Waals surface area contributed by atoms with Gasteiger partial charge in [0.05, 0.1) is 15.7 Å². The molecular weight excluding hydrogens is 409 g/mol. The van der Waals surface area contributed by atoms with Gasteiger partial charge in [-0.1, -0.05) is 47.8 Å². The third-order valence-electron chi connectivity index (χ3n) is 4.27. The zero-order valence-corrected chi connectivity index (χ0v) is 17.4. The van der Waals surface area contributed by atoms with Crippen LogP contribution in [0.3, 0.4) is 0 Å². The molecule has 2 aromatic carbocycles. The van der Waals surface area contributed by atoms with E-state index in [1.54, 1.807) is 6.07 Å². The van der Waals surface area contributed by atoms with Crippen molar-refractivity contribution in [1.29, 1.82) is 0 Å². The highest BCUT2D eigenvalue weighted by Gasteiger charge is 2.10. The molecule has 0 aromatic heterocycles. The Morgan fingerprint density at radius 2 is 1.65 bits per heavy atom. The molecule has 1 aliphatic rings. The van der Waals surface area contributed by atoms with Gasteiger partial charge in [-0.15, -0.1) is 12.4 Å². The Morgan fingerprint density at radius 3 is 2.35 bits per heavy atom. The number of benzene rings is 2. The molecule has 1 fully saturated rings. The highest BCUT2D eigenvalue weighted by molar-refractivity contribution is 7.80. The van der Waals surface area contributed by atoms with E-state index < -0.39 is 0 Å². The molecule has 1 saturated heterocycles. The molecule has 0 radical (unpaired) electrons. The first kappa shape index (κ1) is 21.3. The van der Waals surface area contributed by atoms with Crippen LogP contribution in [0.4, 0.5) is 11.4 Å². The second kappa shape index (κ2) is 10.3. The molecule has 0 spiro atoms. The maximum absolute atomic E-state index is 6.17. The largest absolute Gasteiger partial charge is 0.332 e. The van der Waals surface area contributed by atoms with Crippen molar-refractivity contribution in [1.82, 2.24) is 4.90 Å². The first-order chi connectivity index (χ1) is 12.1. The molecule has 1 aliphatic heterocycles. The summed E-state index contributed by atoms with van der Waals surface area (Å²) < 4.78 is 0. The first-order valence-corrected chi connectivity index (χ1v) is 9.61. The van der Waals surface area contributed by atoms with Gasteiger partial charge in [-0.05, 0) is 68.0 Å². The molecule has 2 aromatic rings. The Morgan fingerprint density at radius 1 is 0.962 bits per heavy atom. The number of thiocarbonyl (C=S) groups is 1. The van der Waals surface area contributed by atoms with Crippen molar-refractivity contribution in [2.45, 2.75) is 25.8 Å². The Kier molecular flexibility index (Phi) is 8.45. The van der Waals surface area contributed by atoms with Crippen molar-refractivity contribution in [2.24, 2.45) is 0 Å². The quantitative estimate of drug-likeness (QED) is 0.564. The van der Waals surface area contributed by atoms with Gasteiger partial charge in [-0.3, -0.25) is 4.90 Å². The number of nitrogens with zero attached hydrogens (tertiary/aromatic N) is 1. The second-order valence-electron chi connectivity index (χ2n) is 6.21. The molecule has 140 valence electrons. The first-order valence-electron chi connectivity index (χ1n) is 8.45. The molecule has 0 unspecified atom stereocenters. The third kappa shape index (κ3) is 6.00. The van der Waals surface area contributed by atoms with Crippen molar-refractivity contribution in [3.8, 4) is 0 Å². The molecule has 0 atom stereocenters. The number of anilines is 2. The van der Waals surface area contributed by atoms with E-state index in [0.29, 0.717) is 20.8 Å². The van der Waals surface area contributed by atoms with Crippen LogP contribution in [-0.2, 0) is 6.54 Å². The predicted octanol–water partition coefficient (Wildman–Crippen LogP) is 6.21. The van der Waals surface area contributed by atoms with Gasteiger partial charge in [0, 0.05) is 12.2 Å². The van der Waals surface area contributed by atoms with Crippen LogP contribution in [0, 0.1) is 0 Å². The van der Waals surface area contributed by atoms with E-state index in [9.17, 15) is 0 Å². The number of likely N-dealkylation sites (tertiary alicyclic amines) is 1. The van der Waals surface area contributed by atoms with Gasteiger partial charge < -0.3 is 10.6 Å². The summed E-state index contributed by atoms with van der Waals surface area (Å²) in [5, 5.41) is 7.69. The minimum absolute atomic E-state index is 0. The minimum atomic E-state index is 0. The summed E-state index contributed by atoms with van der Waals surface area (Å²) in [5.41, 5.74) is 2.95. The second-order valence-corrected chi connectivity index (χ2v) is 7.41. The zero-order chi connectivity index (χ0) is 17.6. The lowest BCUT2D eigenvalue weighted by Crippen LogP contribution is -2.29. The normalized spacial score (nSPS) is 14.4. The molecule has 1 heterocycles. The number of hydrogen-bond acceptors (Lipinski definition) is 2. The van der Waals surface area contributed by atoms with Crippen molar-refractivity contribution < 1.29 is 0 Å². The molecule has 2 N–H and O–H groups in total. The van der Waals surface area contributed by atoms with Gasteiger partial charge >= 0.3 is 0 Å². The van der Waals surface area contributed by atoms with Crippen molar-refractivity contribution in [3.05, 3.63) is 58.1 Å². The number of nitrogens with one attached hydrogen (secondary N) is 2. The van der Waals surface area contributed by atoms with Crippen LogP contribution in [0.2, 0.25) is 10.0 Å². The fourth-order valence-electron chi connectivity index (χ4n) is 2.95. The van der Waals surface area contributed by atoms with Gasteiger partial charge in [-0.2, -0.15) is 0 Å². The summed E-state index contributed by atoms with van der Waals surface area (Å²) >= 11 is 17.5. The summed E-state index contributed by atoms with van der Waals surface area (Å²) in [6.45, 7) is 3.42. The van der Waals surface area contributed by atoms with Crippen LogP contribution in [0.25, 0.3) is 0 Å². The molecule has 26 heavy (non-hydrogen) atoms. The third-order valence-corrected chi connectivity index (χ3v) is 5.29. The van der Waals surface area contributed by atoms with E-state index >= 15 is 0 Å². The van der Waals surface area contributed by atoms with E-state index in [1.807, 2.05) is 24.3 Å². The number of halogens is 3. The van der Waals surface area contributed by atoms with Gasteiger partial charge in [0.25, 0.3) is 0 Å². The lowest BCUT2D eigenvalue weighted by Gasteiger charge is -2.26. The lowest BCUT2D eigenvalue weighted by molar-refractivity contribution is 0.221. The summed E-state index contributed by atoms with van der Waals surface area (Å²) in [4.78, 5) is 2.51. The molecule has 0 aliphatic carbocycles. The Bertz CT molecular complexity index is 731. The van der Waals surface area contributed by atoms with Gasteiger partial charge in [0.15, 0.2) is 5.11 Å². The summed E-state index contributed by atoms with van der Waals surface area (Å²) in [7, 11) is 0. The topological polar surface area (TPSA) is 27.3 Å². The van der Waals surface area contributed by atoms with Gasteiger partial charge in [0.1, 0.15) is 0 Å². The van der Waals surface area contributed by atoms with E-state index in [2.05, 4.69) is 27.7 Å². The maximum Gasteiger partial charge on any atom is 0.175 e. The monoisotopic (exact) mass is 429 g/mol. The number of rotatable bonds is 4. The van der Waals surface area contributed by atoms with Crippen LogP contribution in [0.5, 0.6) is 0 Å². The van der Waals surface area contributed by atoms with Crippen molar-refractivity contribution >= 4 is 64.3 Å². The lowest BCUT2D eigenvalue weighted by atomic mass is 10.1. The minimum Gasteiger partial charge on any atom is -0.332 e. The smallest absolute Gasteiger partial charge is 0.175 e. The van der Waals surface area contributed by atoms with Crippen LogP contribution in [-0.4, -0.2) is 23.1 Å². The van der Waals surface area contributed by atoms with Crippen LogP contribution >= 0.6 is 47.8 Å². The number of hydrogen-bond donors (Lipinski definition) is 2. The standard InChI is InChI=1S/C19H21Cl2N3S.ClH/c20-16-5-4-6-17(18(16)21)23-19(25)22-15-9-7-14(8-10-15)13-24-11-2-1-3-12-24;/h4-10H,1-3,11-13H2,(H2,22,23,25);1H. The molecule has 0 bridgehead atoms. The van der Waals surface area contributed by atoms with Gasteiger partial charge in [0.2, 0.25) is 0 Å². The van der Waals surface area contributed by atoms with E-state index in [-0.39, 0.29) is 12.4 Å². The maximum atomic E-state index is 6.17. The Labute approximate surface area is 176 Å². The zero-order valence-electron chi connectivity index (χ0n) is 14.3. The summed E-state index contributed by atoms with van der Waals surface area (Å²) in [6.07, 6.45) is 3.98. The molecule has 7 heteroatoms. The van der Waals surface area contributed by atoms with E-state index in [1.165, 1.54) is 37.9 Å². The van der Waals surface area contributed by atoms with Crippen LogP contribution in [0.15, 0.2) is 42.5 Å². The molecule has 3 rings (SSSR count). The number of piperidine rings is 1. The molecule has 0 amide bonds. The SMILES string of the molecule is Cl.S=C(Nc1ccc(CN2CCCCC2)cc1)Nc1cccc(Cl)c1Cl. The highest BCUT2D eigenvalue weighted by Crippen LogP contribution is 2.29. The molecule has 3 nitrogen and oxygen atoms in total. The average molecular weight is 431 g/mol. The Balaban J connectivity index is 0.00000243. The molecule has 0 saturated carbocycles. The Hall–Kier alpha value is -1.04. The van der Waals surface area contributed by atoms with Crippen LogP contribution < -0.4 is 10.6 Å². The summed E-state index contributed by atoms with van der Waals surface area (Å²) in [6, 6.07) is 13.8. The van der Waals surface area contributed by atoms with Crippen molar-refractivity contribution in [3.63, 3.8) is 0 Å². The molecular formula is C19H22Cl3N3S. The van der Waals surface area contributed by atoms with Gasteiger partial charge in [-0.25, -0.2) is 0 Å². The van der Waals surface area contributed by atoms with E-state index in [0.717, 1.165) is 12.2 Å². The fourth-order valence-corrected chi connectivity index (χ4v) is 3.53. The summed E-state index contributed by atoms with van der Waals surface area (Å²) in [5.74, 6) is 0.